The summed E-state index contributed by atoms with van der Waals surface area (Å²) in [6.45, 7) is 0.693. The van der Waals surface area contributed by atoms with Gasteiger partial charge in [-0.25, -0.2) is 4.98 Å². The third-order valence-corrected chi connectivity index (χ3v) is 4.01. The number of imidazole rings is 1. The van der Waals surface area contributed by atoms with Crippen LogP contribution in [0, 0.1) is 0 Å². The first-order valence-electron chi connectivity index (χ1n) is 5.45. The van der Waals surface area contributed by atoms with Crippen LogP contribution in [0.4, 0.5) is 5.82 Å². The predicted octanol–water partition coefficient (Wildman–Crippen LogP) is 3.36. The lowest BCUT2D eigenvalue weighted by Crippen LogP contribution is -2.17. The van der Waals surface area contributed by atoms with E-state index in [1.54, 1.807) is 17.7 Å². The van der Waals surface area contributed by atoms with Crippen LogP contribution >= 0.6 is 34.5 Å². The highest BCUT2D eigenvalue weighted by Crippen LogP contribution is 2.26. The van der Waals surface area contributed by atoms with Crippen LogP contribution < -0.4 is 4.90 Å². The summed E-state index contributed by atoms with van der Waals surface area (Å²) in [5.74, 6) is 0.719. The highest BCUT2D eigenvalue weighted by Gasteiger charge is 2.13. The van der Waals surface area contributed by atoms with Crippen LogP contribution in [0.1, 0.15) is 4.88 Å². The minimum atomic E-state index is 0.186. The number of nitrogens with zero attached hydrogens (tertiary/aromatic N) is 4. The Bertz CT molecular complexity index is 723. The Morgan fingerprint density at radius 1 is 1.32 bits per heavy atom. The van der Waals surface area contributed by atoms with Crippen molar-refractivity contribution in [2.24, 2.45) is 0 Å². The van der Waals surface area contributed by atoms with Crippen LogP contribution in [-0.4, -0.2) is 27.0 Å². The van der Waals surface area contributed by atoms with Crippen molar-refractivity contribution in [2.75, 3.05) is 11.9 Å². The molecule has 0 fully saturated rings. The average Bonchev–Trinajstić information content (AvgIpc) is 2.96. The van der Waals surface area contributed by atoms with Crippen LogP contribution in [0.5, 0.6) is 0 Å². The van der Waals surface area contributed by atoms with E-state index in [1.165, 1.54) is 0 Å². The van der Waals surface area contributed by atoms with E-state index < -0.39 is 0 Å². The monoisotopic (exact) mass is 313 g/mol. The summed E-state index contributed by atoms with van der Waals surface area (Å²) < 4.78 is 0.774. The minimum absolute atomic E-state index is 0.186. The van der Waals surface area contributed by atoms with Gasteiger partial charge >= 0.3 is 0 Å². The second-order valence-electron chi connectivity index (χ2n) is 3.98. The molecule has 0 bridgehead atoms. The maximum absolute atomic E-state index is 5.93. The molecular weight excluding hydrogens is 305 g/mol. The maximum atomic E-state index is 5.93. The second kappa shape index (κ2) is 4.96. The number of fused-ring (bicyclic) bond motifs is 1. The summed E-state index contributed by atoms with van der Waals surface area (Å²) in [6.07, 6.45) is 1.58. The minimum Gasteiger partial charge on any atom is -0.353 e. The molecule has 0 radical (unpaired) electrons. The van der Waals surface area contributed by atoms with Crippen LogP contribution in [0.3, 0.4) is 0 Å². The smallest absolute Gasteiger partial charge is 0.226 e. The molecule has 0 unspecified atom stereocenters. The summed E-state index contributed by atoms with van der Waals surface area (Å²) >= 11 is 13.4. The molecule has 3 rings (SSSR count). The van der Waals surface area contributed by atoms with Crippen LogP contribution in [0.2, 0.25) is 9.62 Å². The number of anilines is 1. The molecule has 1 N–H and O–H groups in total. The maximum Gasteiger partial charge on any atom is 0.226 e. The lowest BCUT2D eigenvalue weighted by Gasteiger charge is -2.17. The quantitative estimate of drug-likeness (QED) is 0.753. The molecule has 0 spiro atoms. The predicted molar refractivity (Wildman–Crippen MR) is 78.1 cm³/mol. The van der Waals surface area contributed by atoms with Gasteiger partial charge in [-0.15, -0.1) is 11.3 Å². The largest absolute Gasteiger partial charge is 0.353 e. The lowest BCUT2D eigenvalue weighted by molar-refractivity contribution is 0.912. The van der Waals surface area contributed by atoms with Gasteiger partial charge in [-0.1, -0.05) is 11.6 Å². The van der Waals surface area contributed by atoms with E-state index in [0.29, 0.717) is 12.2 Å². The summed E-state index contributed by atoms with van der Waals surface area (Å²) in [4.78, 5) is 18.6. The third kappa shape index (κ3) is 2.51. The molecule has 0 aliphatic carbocycles. The van der Waals surface area contributed by atoms with E-state index in [1.807, 2.05) is 24.1 Å². The Kier molecular flexibility index (Phi) is 3.30. The molecule has 8 heteroatoms. The van der Waals surface area contributed by atoms with Crippen molar-refractivity contribution in [1.29, 1.82) is 0 Å². The molecule has 0 atom stereocenters. The molecule has 3 heterocycles. The number of aromatic nitrogens is 4. The molecular formula is C11H9Cl2N5S. The molecule has 0 saturated carbocycles. The van der Waals surface area contributed by atoms with Gasteiger partial charge in [0.05, 0.1) is 17.2 Å². The third-order valence-electron chi connectivity index (χ3n) is 2.62. The zero-order valence-corrected chi connectivity index (χ0v) is 12.2. The van der Waals surface area contributed by atoms with E-state index in [2.05, 4.69) is 19.9 Å². The van der Waals surface area contributed by atoms with Crippen molar-refractivity contribution in [3.05, 3.63) is 33.0 Å². The standard InChI is InChI=1S/C11H9Cl2N5S/c1-18(4-6-2-3-7(12)19-6)10-8-9(15-5-14-8)16-11(13)17-10/h2-3,5H,4H2,1H3,(H,14,15,16,17). The van der Waals surface area contributed by atoms with Gasteiger partial charge < -0.3 is 9.88 Å². The fraction of sp³-hybridized carbons (Fsp3) is 0.182. The molecule has 0 amide bonds. The molecule has 0 aliphatic heterocycles. The van der Waals surface area contributed by atoms with E-state index in [4.69, 9.17) is 23.2 Å². The lowest BCUT2D eigenvalue weighted by atomic mass is 10.4. The van der Waals surface area contributed by atoms with Gasteiger partial charge in [0.1, 0.15) is 5.52 Å². The number of hydrogen-bond acceptors (Lipinski definition) is 5. The van der Waals surface area contributed by atoms with Crippen molar-refractivity contribution in [1.82, 2.24) is 19.9 Å². The van der Waals surface area contributed by atoms with Crippen molar-refractivity contribution in [3.8, 4) is 0 Å². The highest BCUT2D eigenvalue weighted by atomic mass is 35.5. The van der Waals surface area contributed by atoms with Gasteiger partial charge in [-0.3, -0.25) is 0 Å². The highest BCUT2D eigenvalue weighted by molar-refractivity contribution is 7.16. The topological polar surface area (TPSA) is 57.7 Å². The Labute approximate surface area is 123 Å². The van der Waals surface area contributed by atoms with Crippen molar-refractivity contribution < 1.29 is 0 Å². The van der Waals surface area contributed by atoms with Crippen molar-refractivity contribution >= 4 is 51.5 Å². The number of halogens is 2. The average molecular weight is 314 g/mol. The van der Waals surface area contributed by atoms with Crippen LogP contribution in [0.25, 0.3) is 11.2 Å². The van der Waals surface area contributed by atoms with Crippen LogP contribution in [-0.2, 0) is 6.54 Å². The number of rotatable bonds is 3. The Hall–Kier alpha value is -1.37. The number of H-pyrrole nitrogens is 1. The van der Waals surface area contributed by atoms with Gasteiger partial charge in [0.25, 0.3) is 0 Å². The zero-order chi connectivity index (χ0) is 13.4. The van der Waals surface area contributed by atoms with E-state index >= 15 is 0 Å². The second-order valence-corrected chi connectivity index (χ2v) is 6.12. The fourth-order valence-corrected chi connectivity index (χ4v) is 3.11. The van der Waals surface area contributed by atoms with Gasteiger partial charge in [-0.2, -0.15) is 9.97 Å². The Morgan fingerprint density at radius 2 is 2.16 bits per heavy atom. The Balaban J connectivity index is 1.96. The summed E-state index contributed by atoms with van der Waals surface area (Å²) in [5.41, 5.74) is 1.33. The number of thiophene rings is 1. The molecule has 0 aliphatic rings. The fourth-order valence-electron chi connectivity index (χ4n) is 1.81. The summed E-state index contributed by atoms with van der Waals surface area (Å²) in [7, 11) is 1.94. The van der Waals surface area contributed by atoms with Crippen LogP contribution in [0.15, 0.2) is 18.5 Å². The summed E-state index contributed by atoms with van der Waals surface area (Å²) in [6, 6.07) is 3.88. The first-order valence-corrected chi connectivity index (χ1v) is 7.02. The van der Waals surface area contributed by atoms with E-state index in [9.17, 15) is 0 Å². The molecule has 3 aromatic heterocycles. The molecule has 19 heavy (non-hydrogen) atoms. The molecule has 0 aromatic carbocycles. The molecule has 0 saturated heterocycles. The Morgan fingerprint density at radius 3 is 2.89 bits per heavy atom. The normalized spacial score (nSPS) is 11.1. The van der Waals surface area contributed by atoms with Gasteiger partial charge in [0, 0.05) is 11.9 Å². The first-order chi connectivity index (χ1) is 9.13. The SMILES string of the molecule is CN(Cc1ccc(Cl)s1)c1nc(Cl)nc2nc[nH]c12. The van der Waals surface area contributed by atoms with E-state index in [-0.39, 0.29) is 5.28 Å². The van der Waals surface area contributed by atoms with Gasteiger partial charge in [0.15, 0.2) is 11.5 Å². The number of hydrogen-bond donors (Lipinski definition) is 1. The van der Waals surface area contributed by atoms with Crippen molar-refractivity contribution in [3.63, 3.8) is 0 Å². The molecule has 5 nitrogen and oxygen atoms in total. The van der Waals surface area contributed by atoms with Crippen molar-refractivity contribution in [2.45, 2.75) is 6.54 Å². The molecule has 3 aromatic rings. The first kappa shape index (κ1) is 12.7. The zero-order valence-electron chi connectivity index (χ0n) is 9.89. The van der Waals surface area contributed by atoms with Gasteiger partial charge in [0.2, 0.25) is 5.28 Å². The molecule has 98 valence electrons. The van der Waals surface area contributed by atoms with E-state index in [0.717, 1.165) is 20.5 Å². The number of aromatic amines is 1. The number of nitrogens with one attached hydrogen (secondary N) is 1. The summed E-state index contributed by atoms with van der Waals surface area (Å²) in [5, 5.41) is 0.186. The van der Waals surface area contributed by atoms with Gasteiger partial charge in [-0.05, 0) is 23.7 Å².